The molecule has 34 heavy (non-hydrogen) atoms. The molecule has 1 fully saturated rings. The number of nitrogens with zero attached hydrogens (tertiary/aromatic N) is 3. The van der Waals surface area contributed by atoms with Crippen LogP contribution in [0.2, 0.25) is 0 Å². The highest BCUT2D eigenvalue weighted by Gasteiger charge is 2.32. The number of unbranched alkanes of at least 4 members (excludes halogenated alkanes) is 5. The number of rotatable bonds is 10. The van der Waals surface area contributed by atoms with Gasteiger partial charge in [0.2, 0.25) is 0 Å². The Morgan fingerprint density at radius 3 is 2.44 bits per heavy atom. The summed E-state index contributed by atoms with van der Waals surface area (Å²) in [6.07, 6.45) is 10.7. The number of hydrogen-bond acceptors (Lipinski definition) is 4. The third kappa shape index (κ3) is 5.83. The lowest BCUT2D eigenvalue weighted by Crippen LogP contribution is -2.29. The van der Waals surface area contributed by atoms with Gasteiger partial charge in [-0.1, -0.05) is 81.2 Å². The fourth-order valence-electron chi connectivity index (χ4n) is 3.92. The summed E-state index contributed by atoms with van der Waals surface area (Å²) in [7, 11) is 0. The molecule has 1 aliphatic rings. The molecule has 0 bridgehead atoms. The van der Waals surface area contributed by atoms with E-state index in [0.29, 0.717) is 21.5 Å². The molecular formula is C27H28FN3OS2. The average molecular weight is 494 g/mol. The monoisotopic (exact) mass is 493 g/mol. The molecule has 1 aliphatic heterocycles. The standard InChI is InChI=1S/C27H28FN3OS2/c1-2-3-4-5-6-10-17-30-26(32)24(34-27(30)33)18-21-19-31(23-11-8-7-9-12-23)29-25(21)20-13-15-22(28)16-14-20/h7-9,11-16,18-19H,2-6,10,17H2,1H3/b24-18-. The molecule has 4 rings (SSSR count). The molecule has 1 saturated heterocycles. The summed E-state index contributed by atoms with van der Waals surface area (Å²) < 4.78 is 15.9. The Morgan fingerprint density at radius 1 is 1.00 bits per heavy atom. The van der Waals surface area contributed by atoms with Gasteiger partial charge in [0.15, 0.2) is 0 Å². The number of thiocarbonyl (C=S) groups is 1. The first-order chi connectivity index (χ1) is 16.6. The van der Waals surface area contributed by atoms with Gasteiger partial charge < -0.3 is 0 Å². The number of para-hydroxylation sites is 1. The molecule has 0 atom stereocenters. The fourth-order valence-corrected chi connectivity index (χ4v) is 5.22. The SMILES string of the molecule is CCCCCCCCN1C(=O)/C(=C/c2cn(-c3ccccc3)nc2-c2ccc(F)cc2)SC1=S. The van der Waals surface area contributed by atoms with Crippen molar-refractivity contribution in [3.63, 3.8) is 0 Å². The van der Waals surface area contributed by atoms with Crippen LogP contribution in [0.1, 0.15) is 51.0 Å². The van der Waals surface area contributed by atoms with Crippen molar-refractivity contribution < 1.29 is 9.18 Å². The van der Waals surface area contributed by atoms with E-state index in [9.17, 15) is 9.18 Å². The number of aromatic nitrogens is 2. The van der Waals surface area contributed by atoms with Gasteiger partial charge in [-0.15, -0.1) is 0 Å². The van der Waals surface area contributed by atoms with E-state index < -0.39 is 0 Å². The second kappa shape index (κ2) is 11.6. The second-order valence-electron chi connectivity index (χ2n) is 8.32. The predicted molar refractivity (Wildman–Crippen MR) is 142 cm³/mol. The molecule has 0 unspecified atom stereocenters. The smallest absolute Gasteiger partial charge is 0.266 e. The number of carbonyl (C=O) groups excluding carboxylic acids is 1. The molecule has 2 heterocycles. The van der Waals surface area contributed by atoms with E-state index in [1.807, 2.05) is 42.6 Å². The lowest BCUT2D eigenvalue weighted by molar-refractivity contribution is -0.122. The van der Waals surface area contributed by atoms with E-state index in [1.165, 1.54) is 49.6 Å². The number of benzene rings is 2. The third-order valence-corrected chi connectivity index (χ3v) is 7.15. The number of thioether (sulfide) groups is 1. The second-order valence-corrected chi connectivity index (χ2v) is 10.00. The topological polar surface area (TPSA) is 38.1 Å². The largest absolute Gasteiger partial charge is 0.293 e. The van der Waals surface area contributed by atoms with Crippen molar-refractivity contribution in [2.75, 3.05) is 6.54 Å². The summed E-state index contributed by atoms with van der Waals surface area (Å²) in [5.41, 5.74) is 3.16. The van der Waals surface area contributed by atoms with Crippen LogP contribution in [0, 0.1) is 5.82 Å². The van der Waals surface area contributed by atoms with Crippen molar-refractivity contribution in [2.45, 2.75) is 45.4 Å². The molecule has 2 aromatic carbocycles. The summed E-state index contributed by atoms with van der Waals surface area (Å²) in [6, 6.07) is 16.0. The minimum Gasteiger partial charge on any atom is -0.293 e. The van der Waals surface area contributed by atoms with E-state index in [2.05, 4.69) is 6.92 Å². The van der Waals surface area contributed by atoms with Gasteiger partial charge in [-0.2, -0.15) is 5.10 Å². The van der Waals surface area contributed by atoms with Gasteiger partial charge >= 0.3 is 0 Å². The van der Waals surface area contributed by atoms with Gasteiger partial charge in [-0.3, -0.25) is 9.69 Å². The zero-order valence-electron chi connectivity index (χ0n) is 19.2. The summed E-state index contributed by atoms with van der Waals surface area (Å²) in [5, 5.41) is 4.75. The Balaban J connectivity index is 1.57. The predicted octanol–water partition coefficient (Wildman–Crippen LogP) is 7.24. The number of amides is 1. The highest BCUT2D eigenvalue weighted by molar-refractivity contribution is 8.26. The van der Waals surface area contributed by atoms with Gasteiger partial charge in [-0.05, 0) is 48.9 Å². The zero-order valence-corrected chi connectivity index (χ0v) is 20.9. The van der Waals surface area contributed by atoms with Crippen LogP contribution in [0.5, 0.6) is 0 Å². The molecule has 0 aliphatic carbocycles. The molecule has 176 valence electrons. The van der Waals surface area contributed by atoms with E-state index in [-0.39, 0.29) is 11.7 Å². The van der Waals surface area contributed by atoms with Crippen molar-refractivity contribution in [3.8, 4) is 16.9 Å². The minimum atomic E-state index is -0.302. The number of halogens is 1. The van der Waals surface area contributed by atoms with Crippen molar-refractivity contribution in [1.82, 2.24) is 14.7 Å². The molecule has 4 nitrogen and oxygen atoms in total. The first-order valence-electron chi connectivity index (χ1n) is 11.7. The van der Waals surface area contributed by atoms with Crippen molar-refractivity contribution >= 4 is 40.3 Å². The molecule has 3 aromatic rings. The molecule has 0 spiro atoms. The molecule has 1 aromatic heterocycles. The molecular weight excluding hydrogens is 465 g/mol. The Bertz CT molecular complexity index is 1170. The van der Waals surface area contributed by atoms with Gasteiger partial charge in [-0.25, -0.2) is 9.07 Å². The van der Waals surface area contributed by atoms with Crippen LogP contribution in [0.15, 0.2) is 65.7 Å². The third-order valence-electron chi connectivity index (χ3n) is 5.78. The Morgan fingerprint density at radius 2 is 1.71 bits per heavy atom. The zero-order chi connectivity index (χ0) is 23.9. The summed E-state index contributed by atoms with van der Waals surface area (Å²) in [6.45, 7) is 2.86. The fraction of sp³-hybridized carbons (Fsp3) is 0.296. The van der Waals surface area contributed by atoms with Gasteiger partial charge in [0.05, 0.1) is 16.3 Å². The average Bonchev–Trinajstić information content (AvgIpc) is 3.38. The van der Waals surface area contributed by atoms with Crippen LogP contribution < -0.4 is 0 Å². The Labute approximate surface area is 209 Å². The maximum Gasteiger partial charge on any atom is 0.266 e. The first kappa shape index (κ1) is 24.4. The van der Waals surface area contributed by atoms with Gasteiger partial charge in [0, 0.05) is 23.9 Å². The highest BCUT2D eigenvalue weighted by atomic mass is 32.2. The lowest BCUT2D eigenvalue weighted by Gasteiger charge is -2.13. The van der Waals surface area contributed by atoms with Gasteiger partial charge in [0.25, 0.3) is 5.91 Å². The van der Waals surface area contributed by atoms with Crippen LogP contribution in [-0.2, 0) is 4.79 Å². The molecule has 1 amide bonds. The summed E-state index contributed by atoms with van der Waals surface area (Å²) in [5.74, 6) is -0.357. The molecule has 0 N–H and O–H groups in total. The van der Waals surface area contributed by atoms with Crippen molar-refractivity contribution in [3.05, 3.63) is 77.1 Å². The summed E-state index contributed by atoms with van der Waals surface area (Å²) >= 11 is 6.85. The summed E-state index contributed by atoms with van der Waals surface area (Å²) in [4.78, 5) is 15.4. The molecule has 7 heteroatoms. The van der Waals surface area contributed by atoms with E-state index in [1.54, 1.807) is 21.7 Å². The van der Waals surface area contributed by atoms with E-state index in [4.69, 9.17) is 17.3 Å². The van der Waals surface area contributed by atoms with E-state index in [0.717, 1.165) is 29.7 Å². The quantitative estimate of drug-likeness (QED) is 0.169. The maximum absolute atomic E-state index is 13.5. The van der Waals surface area contributed by atoms with E-state index >= 15 is 0 Å². The number of hydrogen-bond donors (Lipinski definition) is 0. The van der Waals surface area contributed by atoms with Crippen LogP contribution in [-0.4, -0.2) is 31.5 Å². The van der Waals surface area contributed by atoms with Crippen LogP contribution >= 0.6 is 24.0 Å². The molecule has 0 radical (unpaired) electrons. The van der Waals surface area contributed by atoms with Gasteiger partial charge in [0.1, 0.15) is 10.1 Å². The minimum absolute atomic E-state index is 0.0546. The van der Waals surface area contributed by atoms with Crippen molar-refractivity contribution in [2.24, 2.45) is 0 Å². The molecule has 0 saturated carbocycles. The van der Waals surface area contributed by atoms with Crippen LogP contribution in [0.3, 0.4) is 0 Å². The highest BCUT2D eigenvalue weighted by Crippen LogP contribution is 2.35. The normalized spacial score (nSPS) is 15.0. The Hall–Kier alpha value is -2.77. The lowest BCUT2D eigenvalue weighted by atomic mass is 10.1. The maximum atomic E-state index is 13.5. The Kier molecular flexibility index (Phi) is 8.29. The van der Waals surface area contributed by atoms with Crippen molar-refractivity contribution in [1.29, 1.82) is 0 Å². The first-order valence-corrected chi connectivity index (χ1v) is 13.0. The van der Waals surface area contributed by atoms with Crippen LogP contribution in [0.25, 0.3) is 23.0 Å². The number of carbonyl (C=O) groups is 1. The van der Waals surface area contributed by atoms with Crippen LogP contribution in [0.4, 0.5) is 4.39 Å².